The third-order valence-electron chi connectivity index (χ3n) is 3.15. The van der Waals surface area contributed by atoms with Gasteiger partial charge in [-0.15, -0.1) is 0 Å². The molecule has 0 spiro atoms. The number of nitrogens with zero attached hydrogens (tertiary/aromatic N) is 1. The van der Waals surface area contributed by atoms with E-state index >= 15 is 0 Å². The fourth-order valence-electron chi connectivity index (χ4n) is 1.97. The van der Waals surface area contributed by atoms with Crippen LogP contribution in [0, 0.1) is 11.3 Å². The molecule has 1 amide bonds. The standard InChI is InChI=1S/C19H18N2O2/c1-2-3-4-12-21-19(22)16-6-5-7-18(13-16)23-17-10-8-15(14-20)9-11-17/h2-3,5-11,13H,4,12H2,1H3,(H,21,22)/b3-2+. The highest BCUT2D eigenvalue weighted by atomic mass is 16.5. The summed E-state index contributed by atoms with van der Waals surface area (Å²) >= 11 is 0. The summed E-state index contributed by atoms with van der Waals surface area (Å²) in [6.07, 6.45) is 4.77. The van der Waals surface area contributed by atoms with Gasteiger partial charge in [-0.1, -0.05) is 18.2 Å². The zero-order valence-electron chi connectivity index (χ0n) is 13.0. The van der Waals surface area contributed by atoms with Crippen molar-refractivity contribution in [1.82, 2.24) is 5.32 Å². The van der Waals surface area contributed by atoms with E-state index in [0.29, 0.717) is 29.2 Å². The number of hydrogen-bond donors (Lipinski definition) is 1. The summed E-state index contributed by atoms with van der Waals surface area (Å²) in [7, 11) is 0. The van der Waals surface area contributed by atoms with Crippen LogP contribution in [-0.2, 0) is 0 Å². The highest BCUT2D eigenvalue weighted by Crippen LogP contribution is 2.22. The summed E-state index contributed by atoms with van der Waals surface area (Å²) in [6.45, 7) is 2.55. The summed E-state index contributed by atoms with van der Waals surface area (Å²) in [6, 6.07) is 15.9. The lowest BCUT2D eigenvalue weighted by Gasteiger charge is -2.08. The van der Waals surface area contributed by atoms with Gasteiger partial charge in [0.15, 0.2) is 0 Å². The van der Waals surface area contributed by atoms with Crippen LogP contribution in [-0.4, -0.2) is 12.5 Å². The van der Waals surface area contributed by atoms with E-state index in [4.69, 9.17) is 10.00 Å². The lowest BCUT2D eigenvalue weighted by Crippen LogP contribution is -2.24. The summed E-state index contributed by atoms with van der Waals surface area (Å²) < 4.78 is 5.71. The van der Waals surface area contributed by atoms with E-state index in [2.05, 4.69) is 11.4 Å². The second kappa shape index (κ2) is 8.40. The van der Waals surface area contributed by atoms with E-state index in [-0.39, 0.29) is 5.91 Å². The van der Waals surface area contributed by atoms with E-state index in [1.165, 1.54) is 0 Å². The minimum absolute atomic E-state index is 0.125. The second-order valence-electron chi connectivity index (χ2n) is 4.88. The molecule has 0 radical (unpaired) electrons. The molecule has 2 aromatic rings. The van der Waals surface area contributed by atoms with Gasteiger partial charge in [-0.3, -0.25) is 4.79 Å². The van der Waals surface area contributed by atoms with Crippen LogP contribution in [0.2, 0.25) is 0 Å². The number of amides is 1. The largest absolute Gasteiger partial charge is 0.457 e. The Morgan fingerprint density at radius 2 is 2.00 bits per heavy atom. The molecule has 0 aliphatic carbocycles. The van der Waals surface area contributed by atoms with Gasteiger partial charge in [-0.2, -0.15) is 5.26 Å². The highest BCUT2D eigenvalue weighted by Gasteiger charge is 2.06. The van der Waals surface area contributed by atoms with Crippen molar-refractivity contribution < 1.29 is 9.53 Å². The van der Waals surface area contributed by atoms with E-state index in [1.54, 1.807) is 48.5 Å². The maximum absolute atomic E-state index is 12.1. The lowest BCUT2D eigenvalue weighted by atomic mass is 10.2. The number of hydrogen-bond acceptors (Lipinski definition) is 3. The summed E-state index contributed by atoms with van der Waals surface area (Å²) in [5.41, 5.74) is 1.13. The molecule has 2 aromatic carbocycles. The number of nitriles is 1. The predicted octanol–water partition coefficient (Wildman–Crippen LogP) is 4.05. The first-order valence-electron chi connectivity index (χ1n) is 7.40. The molecule has 116 valence electrons. The van der Waals surface area contributed by atoms with Crippen LogP contribution in [0.15, 0.2) is 60.7 Å². The molecule has 0 unspecified atom stereocenters. The Bertz CT molecular complexity index is 728. The van der Waals surface area contributed by atoms with Crippen LogP contribution in [0.1, 0.15) is 29.3 Å². The molecule has 2 rings (SSSR count). The van der Waals surface area contributed by atoms with E-state index in [0.717, 1.165) is 6.42 Å². The van der Waals surface area contributed by atoms with Crippen molar-refractivity contribution >= 4 is 5.91 Å². The van der Waals surface area contributed by atoms with Crippen LogP contribution in [0.25, 0.3) is 0 Å². The fourth-order valence-corrected chi connectivity index (χ4v) is 1.97. The third-order valence-corrected chi connectivity index (χ3v) is 3.15. The van der Waals surface area contributed by atoms with Gasteiger partial charge in [0.25, 0.3) is 5.91 Å². The predicted molar refractivity (Wildman–Crippen MR) is 89.4 cm³/mol. The molecular formula is C19H18N2O2. The van der Waals surface area contributed by atoms with E-state index in [9.17, 15) is 4.79 Å². The topological polar surface area (TPSA) is 62.1 Å². The van der Waals surface area contributed by atoms with Crippen LogP contribution >= 0.6 is 0 Å². The van der Waals surface area contributed by atoms with Crippen molar-refractivity contribution in [3.63, 3.8) is 0 Å². The number of nitrogens with one attached hydrogen (secondary N) is 1. The Labute approximate surface area is 136 Å². The Morgan fingerprint density at radius 1 is 1.22 bits per heavy atom. The van der Waals surface area contributed by atoms with Crippen LogP contribution in [0.3, 0.4) is 0 Å². The SMILES string of the molecule is C/C=C/CCNC(=O)c1cccc(Oc2ccc(C#N)cc2)c1. The van der Waals surface area contributed by atoms with E-state index in [1.807, 2.05) is 19.1 Å². The summed E-state index contributed by atoms with van der Waals surface area (Å²) in [5.74, 6) is 1.07. The van der Waals surface area contributed by atoms with Crippen molar-refractivity contribution in [3.8, 4) is 17.6 Å². The van der Waals surface area contributed by atoms with Gasteiger partial charge in [0.1, 0.15) is 11.5 Å². The Balaban J connectivity index is 2.01. The molecule has 0 aliphatic rings. The minimum Gasteiger partial charge on any atom is -0.457 e. The Morgan fingerprint density at radius 3 is 2.70 bits per heavy atom. The number of carbonyl (C=O) groups excluding carboxylic acids is 1. The van der Waals surface area contributed by atoms with Gasteiger partial charge in [-0.05, 0) is 55.8 Å². The zero-order chi connectivity index (χ0) is 16.5. The monoisotopic (exact) mass is 306 g/mol. The molecule has 23 heavy (non-hydrogen) atoms. The van der Waals surface area contributed by atoms with Crippen molar-refractivity contribution in [2.75, 3.05) is 6.54 Å². The molecule has 4 nitrogen and oxygen atoms in total. The first kappa shape index (κ1) is 16.3. The zero-order valence-corrected chi connectivity index (χ0v) is 13.0. The van der Waals surface area contributed by atoms with Gasteiger partial charge < -0.3 is 10.1 Å². The molecule has 0 atom stereocenters. The number of rotatable bonds is 6. The Kier molecular flexibility index (Phi) is 5.96. The first-order chi connectivity index (χ1) is 11.2. The molecule has 0 bridgehead atoms. The average Bonchev–Trinajstić information content (AvgIpc) is 2.59. The van der Waals surface area contributed by atoms with Crippen molar-refractivity contribution in [2.45, 2.75) is 13.3 Å². The van der Waals surface area contributed by atoms with Crippen molar-refractivity contribution in [1.29, 1.82) is 5.26 Å². The summed E-state index contributed by atoms with van der Waals surface area (Å²) in [5, 5.41) is 11.6. The Hall–Kier alpha value is -3.06. The first-order valence-corrected chi connectivity index (χ1v) is 7.40. The van der Waals surface area contributed by atoms with Crippen LogP contribution in [0.5, 0.6) is 11.5 Å². The maximum Gasteiger partial charge on any atom is 0.251 e. The van der Waals surface area contributed by atoms with E-state index < -0.39 is 0 Å². The van der Waals surface area contributed by atoms with Gasteiger partial charge in [0.05, 0.1) is 11.6 Å². The maximum atomic E-state index is 12.1. The molecule has 0 fully saturated rings. The van der Waals surface area contributed by atoms with Crippen LogP contribution in [0.4, 0.5) is 0 Å². The molecular weight excluding hydrogens is 288 g/mol. The van der Waals surface area contributed by atoms with Crippen molar-refractivity contribution in [2.24, 2.45) is 0 Å². The highest BCUT2D eigenvalue weighted by molar-refractivity contribution is 5.94. The molecule has 1 N–H and O–H groups in total. The molecule has 4 heteroatoms. The quantitative estimate of drug-likeness (QED) is 0.647. The third kappa shape index (κ3) is 5.01. The minimum atomic E-state index is -0.125. The summed E-state index contributed by atoms with van der Waals surface area (Å²) in [4.78, 5) is 12.1. The number of allylic oxidation sites excluding steroid dienone is 1. The van der Waals surface area contributed by atoms with Gasteiger partial charge >= 0.3 is 0 Å². The second-order valence-corrected chi connectivity index (χ2v) is 4.88. The van der Waals surface area contributed by atoms with Gasteiger partial charge in [0, 0.05) is 12.1 Å². The van der Waals surface area contributed by atoms with Crippen LogP contribution < -0.4 is 10.1 Å². The fraction of sp³-hybridized carbons (Fsp3) is 0.158. The average molecular weight is 306 g/mol. The lowest BCUT2D eigenvalue weighted by molar-refractivity contribution is 0.0954. The molecule has 0 aliphatic heterocycles. The number of carbonyl (C=O) groups is 1. The van der Waals surface area contributed by atoms with Gasteiger partial charge in [-0.25, -0.2) is 0 Å². The smallest absolute Gasteiger partial charge is 0.251 e. The number of benzene rings is 2. The van der Waals surface area contributed by atoms with Gasteiger partial charge in [0.2, 0.25) is 0 Å². The molecule has 0 heterocycles. The van der Waals surface area contributed by atoms with Crippen molar-refractivity contribution in [3.05, 3.63) is 71.8 Å². The molecule has 0 saturated heterocycles. The normalized spacial score (nSPS) is 10.3. The molecule has 0 aromatic heterocycles. The number of ether oxygens (including phenoxy) is 1. The molecule has 0 saturated carbocycles.